The number of carbonyl (C=O) groups is 1. The first-order valence-electron chi connectivity index (χ1n) is 11.3. The molecule has 6 heteroatoms. The fourth-order valence-electron chi connectivity index (χ4n) is 4.47. The number of hydrogen-bond acceptors (Lipinski definition) is 4. The average Bonchev–Trinajstić information content (AvgIpc) is 3.25. The number of methoxy groups -OCH3 is 1. The molecule has 1 atom stereocenters. The van der Waals surface area contributed by atoms with Crippen molar-refractivity contribution in [3.8, 4) is 11.5 Å². The van der Waals surface area contributed by atoms with Gasteiger partial charge in [-0.1, -0.05) is 60.7 Å². The highest BCUT2D eigenvalue weighted by Gasteiger charge is 2.21. The highest BCUT2D eigenvalue weighted by Crippen LogP contribution is 2.36. The zero-order valence-corrected chi connectivity index (χ0v) is 18.9. The van der Waals surface area contributed by atoms with Crippen LogP contribution in [0.15, 0.2) is 79.0 Å². The van der Waals surface area contributed by atoms with Crippen LogP contribution in [0.1, 0.15) is 28.3 Å². The van der Waals surface area contributed by atoms with Crippen LogP contribution in [-0.2, 0) is 13.0 Å². The maximum absolute atomic E-state index is 11.6. The topological polar surface area (TPSA) is 72.7 Å². The molecule has 172 valence electrons. The van der Waals surface area contributed by atoms with Crippen LogP contribution in [0, 0.1) is 0 Å². The van der Waals surface area contributed by atoms with Gasteiger partial charge in [0.15, 0.2) is 11.5 Å². The Morgan fingerprint density at radius 2 is 1.91 bits per heavy atom. The standard InChI is InChI=1S/C28H26N2O4/c1-33-26-16-23-20(15-27(26)34-18-19-7-3-2-4-8-19)13-14-29-24(23)12-11-21-17-30(28(31)32)25-10-6-5-9-22(21)25/h2-12,15-17,24,29H,13-14,18H2,1H3,(H,31,32). The number of ether oxygens (including phenoxy) is 2. The largest absolute Gasteiger partial charge is 0.493 e. The quantitative estimate of drug-likeness (QED) is 0.394. The summed E-state index contributed by atoms with van der Waals surface area (Å²) in [5, 5.41) is 14.0. The lowest BCUT2D eigenvalue weighted by atomic mass is 9.93. The molecule has 0 aliphatic carbocycles. The SMILES string of the molecule is COc1cc2c(cc1OCc1ccccc1)CCNC2C=Cc1cn(C(=O)O)c2ccccc12. The zero-order chi connectivity index (χ0) is 23.5. The second kappa shape index (κ2) is 9.45. The maximum Gasteiger partial charge on any atom is 0.416 e. The first kappa shape index (κ1) is 21.8. The summed E-state index contributed by atoms with van der Waals surface area (Å²) in [5.74, 6) is 1.43. The van der Waals surface area contributed by atoms with Gasteiger partial charge in [0.25, 0.3) is 0 Å². The molecular formula is C28H26N2O4. The van der Waals surface area contributed by atoms with Crippen molar-refractivity contribution in [1.29, 1.82) is 0 Å². The molecule has 3 aromatic carbocycles. The van der Waals surface area contributed by atoms with E-state index in [-0.39, 0.29) is 6.04 Å². The van der Waals surface area contributed by atoms with Crippen molar-refractivity contribution in [2.45, 2.75) is 19.1 Å². The molecule has 0 fully saturated rings. The van der Waals surface area contributed by atoms with Crippen LogP contribution in [0.5, 0.6) is 11.5 Å². The third-order valence-electron chi connectivity index (χ3n) is 6.17. The lowest BCUT2D eigenvalue weighted by molar-refractivity contribution is 0.197. The molecule has 2 N–H and O–H groups in total. The van der Waals surface area contributed by atoms with Gasteiger partial charge in [0.05, 0.1) is 18.7 Å². The second-order valence-corrected chi connectivity index (χ2v) is 8.27. The van der Waals surface area contributed by atoms with E-state index in [4.69, 9.17) is 9.47 Å². The van der Waals surface area contributed by atoms with Gasteiger partial charge in [0.1, 0.15) is 6.61 Å². The van der Waals surface area contributed by atoms with E-state index in [0.717, 1.165) is 40.8 Å². The third kappa shape index (κ3) is 4.28. The van der Waals surface area contributed by atoms with Crippen LogP contribution < -0.4 is 14.8 Å². The lowest BCUT2D eigenvalue weighted by Crippen LogP contribution is -2.28. The monoisotopic (exact) mass is 454 g/mol. The molecule has 1 unspecified atom stereocenters. The van der Waals surface area contributed by atoms with E-state index in [0.29, 0.717) is 17.9 Å². The summed E-state index contributed by atoms with van der Waals surface area (Å²) in [7, 11) is 1.65. The lowest BCUT2D eigenvalue weighted by Gasteiger charge is -2.26. The second-order valence-electron chi connectivity index (χ2n) is 8.27. The van der Waals surface area contributed by atoms with E-state index in [1.165, 1.54) is 10.1 Å². The van der Waals surface area contributed by atoms with Gasteiger partial charge in [-0.2, -0.15) is 0 Å². The Morgan fingerprint density at radius 1 is 1.12 bits per heavy atom. The fourth-order valence-corrected chi connectivity index (χ4v) is 4.47. The van der Waals surface area contributed by atoms with Crippen molar-refractivity contribution < 1.29 is 19.4 Å². The maximum atomic E-state index is 11.6. The molecule has 1 aliphatic heterocycles. The van der Waals surface area contributed by atoms with Crippen molar-refractivity contribution in [3.63, 3.8) is 0 Å². The van der Waals surface area contributed by atoms with Crippen molar-refractivity contribution in [3.05, 3.63) is 101 Å². The minimum absolute atomic E-state index is 0.0206. The van der Waals surface area contributed by atoms with Crippen LogP contribution in [0.3, 0.4) is 0 Å². The van der Waals surface area contributed by atoms with Crippen molar-refractivity contribution >= 4 is 23.1 Å². The highest BCUT2D eigenvalue weighted by atomic mass is 16.5. The van der Waals surface area contributed by atoms with Gasteiger partial charge in [-0.05, 0) is 41.3 Å². The molecule has 0 saturated heterocycles. The Balaban J connectivity index is 1.43. The molecule has 0 radical (unpaired) electrons. The van der Waals surface area contributed by atoms with E-state index in [1.807, 2.05) is 66.7 Å². The van der Waals surface area contributed by atoms with Gasteiger partial charge in [-0.15, -0.1) is 0 Å². The number of carboxylic acid groups (broad SMARTS) is 1. The van der Waals surface area contributed by atoms with Gasteiger partial charge in [0.2, 0.25) is 0 Å². The molecule has 1 aliphatic rings. The number of nitrogens with one attached hydrogen (secondary N) is 1. The van der Waals surface area contributed by atoms with E-state index in [1.54, 1.807) is 13.3 Å². The smallest absolute Gasteiger partial charge is 0.416 e. The molecule has 0 amide bonds. The number of aromatic nitrogens is 1. The van der Waals surface area contributed by atoms with Gasteiger partial charge in [0, 0.05) is 23.7 Å². The summed E-state index contributed by atoms with van der Waals surface area (Å²) in [4.78, 5) is 11.6. The average molecular weight is 455 g/mol. The van der Waals surface area contributed by atoms with E-state index < -0.39 is 6.09 Å². The number of fused-ring (bicyclic) bond motifs is 2. The van der Waals surface area contributed by atoms with Gasteiger partial charge < -0.3 is 19.9 Å². The van der Waals surface area contributed by atoms with E-state index >= 15 is 0 Å². The normalized spacial score (nSPS) is 15.4. The number of hydrogen-bond donors (Lipinski definition) is 2. The van der Waals surface area contributed by atoms with Crippen LogP contribution in [0.25, 0.3) is 17.0 Å². The molecule has 0 bridgehead atoms. The molecule has 5 rings (SSSR count). The number of para-hydroxylation sites is 1. The Labute approximate surface area is 198 Å². The Hall–Kier alpha value is -4.03. The Bertz CT molecular complexity index is 1360. The van der Waals surface area contributed by atoms with Crippen LogP contribution in [-0.4, -0.2) is 29.4 Å². The minimum atomic E-state index is -0.996. The molecule has 2 heterocycles. The predicted octanol–water partition coefficient (Wildman–Crippen LogP) is 5.66. The number of nitrogens with zero attached hydrogens (tertiary/aromatic N) is 1. The first-order chi connectivity index (χ1) is 16.6. The number of rotatable bonds is 6. The van der Waals surface area contributed by atoms with Crippen molar-refractivity contribution in [2.75, 3.05) is 13.7 Å². The summed E-state index contributed by atoms with van der Waals surface area (Å²) in [6.07, 6.45) is 5.62. The van der Waals surface area contributed by atoms with E-state index in [9.17, 15) is 9.90 Å². The predicted molar refractivity (Wildman–Crippen MR) is 133 cm³/mol. The summed E-state index contributed by atoms with van der Waals surface area (Å²) in [6.45, 7) is 1.31. The summed E-state index contributed by atoms with van der Waals surface area (Å²) in [6, 6.07) is 21.7. The van der Waals surface area contributed by atoms with Crippen LogP contribution >= 0.6 is 0 Å². The Kier molecular flexibility index (Phi) is 6.06. The van der Waals surface area contributed by atoms with Gasteiger partial charge in [-0.3, -0.25) is 4.57 Å². The summed E-state index contributed by atoms with van der Waals surface area (Å²) >= 11 is 0. The number of benzene rings is 3. The molecule has 1 aromatic heterocycles. The fraction of sp³-hybridized carbons (Fsp3) is 0.179. The van der Waals surface area contributed by atoms with Gasteiger partial charge in [-0.25, -0.2) is 4.79 Å². The minimum Gasteiger partial charge on any atom is -0.493 e. The van der Waals surface area contributed by atoms with Crippen LogP contribution in [0.4, 0.5) is 4.79 Å². The molecule has 6 nitrogen and oxygen atoms in total. The third-order valence-corrected chi connectivity index (χ3v) is 6.17. The van der Waals surface area contributed by atoms with Crippen molar-refractivity contribution in [2.24, 2.45) is 0 Å². The molecule has 0 spiro atoms. The molecule has 4 aromatic rings. The van der Waals surface area contributed by atoms with Crippen LogP contribution in [0.2, 0.25) is 0 Å². The first-order valence-corrected chi connectivity index (χ1v) is 11.3. The summed E-state index contributed by atoms with van der Waals surface area (Å²) in [5.41, 5.74) is 4.99. The molecular weight excluding hydrogens is 428 g/mol. The Morgan fingerprint density at radius 3 is 2.71 bits per heavy atom. The molecule has 0 saturated carbocycles. The van der Waals surface area contributed by atoms with Crippen molar-refractivity contribution in [1.82, 2.24) is 9.88 Å². The molecule has 34 heavy (non-hydrogen) atoms. The van der Waals surface area contributed by atoms with E-state index in [2.05, 4.69) is 17.5 Å². The summed E-state index contributed by atoms with van der Waals surface area (Å²) < 4.78 is 13.0. The highest BCUT2D eigenvalue weighted by molar-refractivity contribution is 5.95. The van der Waals surface area contributed by atoms with Gasteiger partial charge >= 0.3 is 6.09 Å². The zero-order valence-electron chi connectivity index (χ0n) is 18.9.